The van der Waals surface area contributed by atoms with Crippen LogP contribution in [0.5, 0.6) is 0 Å². The van der Waals surface area contributed by atoms with Crippen molar-refractivity contribution < 1.29 is 0 Å². The van der Waals surface area contributed by atoms with Gasteiger partial charge in [0.25, 0.3) is 5.56 Å². The van der Waals surface area contributed by atoms with Crippen LogP contribution in [0.25, 0.3) is 0 Å². The summed E-state index contributed by atoms with van der Waals surface area (Å²) in [6.45, 7) is 4.02. The molecule has 4 N–H and O–H groups in total. The molecule has 2 rings (SSSR count). The highest BCUT2D eigenvalue weighted by Crippen LogP contribution is 2.22. The van der Waals surface area contributed by atoms with Crippen LogP contribution in [-0.4, -0.2) is 9.97 Å². The molecule has 0 saturated heterocycles. The van der Waals surface area contributed by atoms with Gasteiger partial charge in [0, 0.05) is 5.69 Å². The second-order valence-corrected chi connectivity index (χ2v) is 3.87. The summed E-state index contributed by atoms with van der Waals surface area (Å²) in [6.07, 6.45) is 1.33. The van der Waals surface area contributed by atoms with Crippen molar-refractivity contribution in [3.63, 3.8) is 0 Å². The lowest BCUT2D eigenvalue weighted by molar-refractivity contribution is 1.12. The van der Waals surface area contributed by atoms with Crippen LogP contribution < -0.4 is 16.6 Å². The molecular formula is C12H14N4O. The van der Waals surface area contributed by atoms with E-state index in [2.05, 4.69) is 15.3 Å². The normalized spacial score (nSPS) is 10.2. The molecule has 0 bridgehead atoms. The van der Waals surface area contributed by atoms with E-state index in [1.807, 2.05) is 32.0 Å². The molecule has 5 nitrogen and oxygen atoms in total. The Morgan fingerprint density at radius 1 is 1.35 bits per heavy atom. The topological polar surface area (TPSA) is 83.8 Å². The lowest BCUT2D eigenvalue weighted by Gasteiger charge is -2.11. The minimum atomic E-state index is -0.340. The zero-order valence-electron chi connectivity index (χ0n) is 9.74. The Kier molecular flexibility index (Phi) is 2.82. The molecule has 0 unspecified atom stereocenters. The van der Waals surface area contributed by atoms with Gasteiger partial charge < -0.3 is 16.0 Å². The van der Waals surface area contributed by atoms with E-state index in [9.17, 15) is 4.79 Å². The van der Waals surface area contributed by atoms with Gasteiger partial charge in [-0.05, 0) is 31.0 Å². The van der Waals surface area contributed by atoms with Crippen molar-refractivity contribution in [2.75, 3.05) is 11.1 Å². The molecular weight excluding hydrogens is 216 g/mol. The number of hydrogen-bond donors (Lipinski definition) is 3. The molecule has 2 aromatic rings. The fourth-order valence-electron chi connectivity index (χ4n) is 1.52. The van der Waals surface area contributed by atoms with Gasteiger partial charge in [-0.25, -0.2) is 4.98 Å². The maximum atomic E-state index is 11.3. The molecule has 0 fully saturated rings. The smallest absolute Gasteiger partial charge is 0.276 e. The van der Waals surface area contributed by atoms with Crippen LogP contribution in [0.1, 0.15) is 11.1 Å². The SMILES string of the molecule is Cc1cccc(Nc2nc[nH]c(=O)c2N)c1C. The number of nitrogens with zero attached hydrogens (tertiary/aromatic N) is 1. The number of nitrogens with one attached hydrogen (secondary N) is 2. The van der Waals surface area contributed by atoms with Crippen LogP contribution >= 0.6 is 0 Å². The van der Waals surface area contributed by atoms with Crippen LogP contribution in [-0.2, 0) is 0 Å². The predicted molar refractivity (Wildman–Crippen MR) is 68.5 cm³/mol. The second kappa shape index (κ2) is 4.29. The van der Waals surface area contributed by atoms with E-state index in [0.717, 1.165) is 11.3 Å². The average Bonchev–Trinajstić information content (AvgIpc) is 2.31. The highest BCUT2D eigenvalue weighted by atomic mass is 16.1. The summed E-state index contributed by atoms with van der Waals surface area (Å²) in [7, 11) is 0. The van der Waals surface area contributed by atoms with Crippen LogP contribution in [0.4, 0.5) is 17.2 Å². The summed E-state index contributed by atoms with van der Waals surface area (Å²) < 4.78 is 0. The quantitative estimate of drug-likeness (QED) is 0.733. The third-order valence-electron chi connectivity index (χ3n) is 2.75. The van der Waals surface area contributed by atoms with Gasteiger partial charge in [0.1, 0.15) is 5.69 Å². The Bertz CT molecular complexity index is 604. The van der Waals surface area contributed by atoms with Gasteiger partial charge in [-0.15, -0.1) is 0 Å². The number of aromatic nitrogens is 2. The van der Waals surface area contributed by atoms with Crippen LogP contribution in [0.2, 0.25) is 0 Å². The Hall–Kier alpha value is -2.30. The molecule has 0 aliphatic rings. The van der Waals surface area contributed by atoms with Gasteiger partial charge >= 0.3 is 0 Å². The third kappa shape index (κ3) is 2.13. The van der Waals surface area contributed by atoms with E-state index in [1.54, 1.807) is 0 Å². The van der Waals surface area contributed by atoms with Crippen molar-refractivity contribution >= 4 is 17.2 Å². The molecule has 0 atom stereocenters. The lowest BCUT2D eigenvalue weighted by atomic mass is 10.1. The Morgan fingerprint density at radius 2 is 2.12 bits per heavy atom. The number of nitrogen functional groups attached to an aromatic ring is 1. The van der Waals surface area contributed by atoms with Gasteiger partial charge in [0.2, 0.25) is 0 Å². The van der Waals surface area contributed by atoms with Crippen LogP contribution in [0, 0.1) is 13.8 Å². The average molecular weight is 230 g/mol. The van der Waals surface area contributed by atoms with Gasteiger partial charge in [-0.1, -0.05) is 12.1 Å². The molecule has 1 aromatic carbocycles. The molecule has 0 spiro atoms. The molecule has 88 valence electrons. The first-order valence-electron chi connectivity index (χ1n) is 5.26. The maximum absolute atomic E-state index is 11.3. The van der Waals surface area contributed by atoms with Gasteiger partial charge in [-0.2, -0.15) is 0 Å². The van der Waals surface area contributed by atoms with Gasteiger partial charge in [0.05, 0.1) is 6.33 Å². The Morgan fingerprint density at radius 3 is 2.88 bits per heavy atom. The highest BCUT2D eigenvalue weighted by Gasteiger charge is 2.06. The largest absolute Gasteiger partial charge is 0.391 e. The number of anilines is 3. The first kappa shape index (κ1) is 11.2. The van der Waals surface area contributed by atoms with Crippen molar-refractivity contribution in [1.82, 2.24) is 9.97 Å². The zero-order chi connectivity index (χ0) is 12.4. The fourth-order valence-corrected chi connectivity index (χ4v) is 1.52. The van der Waals surface area contributed by atoms with E-state index in [0.29, 0.717) is 5.82 Å². The van der Waals surface area contributed by atoms with Crippen molar-refractivity contribution in [2.45, 2.75) is 13.8 Å². The molecule has 1 aromatic heterocycles. The van der Waals surface area contributed by atoms with Gasteiger partial charge in [0.15, 0.2) is 5.82 Å². The summed E-state index contributed by atoms with van der Waals surface area (Å²) in [6, 6.07) is 5.88. The van der Waals surface area contributed by atoms with E-state index in [1.165, 1.54) is 11.9 Å². The minimum Gasteiger partial charge on any atom is -0.391 e. The van der Waals surface area contributed by atoms with E-state index in [4.69, 9.17) is 5.73 Å². The van der Waals surface area contributed by atoms with E-state index in [-0.39, 0.29) is 11.2 Å². The van der Waals surface area contributed by atoms with Crippen molar-refractivity contribution in [1.29, 1.82) is 0 Å². The number of rotatable bonds is 2. The van der Waals surface area contributed by atoms with Crippen molar-refractivity contribution in [3.8, 4) is 0 Å². The third-order valence-corrected chi connectivity index (χ3v) is 2.75. The fraction of sp³-hybridized carbons (Fsp3) is 0.167. The Labute approximate surface area is 98.7 Å². The summed E-state index contributed by atoms with van der Waals surface area (Å²) in [5, 5.41) is 3.07. The molecule has 1 heterocycles. The lowest BCUT2D eigenvalue weighted by Crippen LogP contribution is -2.15. The maximum Gasteiger partial charge on any atom is 0.276 e. The number of aryl methyl sites for hydroxylation is 1. The monoisotopic (exact) mass is 230 g/mol. The first-order chi connectivity index (χ1) is 8.09. The molecule has 5 heteroatoms. The van der Waals surface area contributed by atoms with Gasteiger partial charge in [-0.3, -0.25) is 4.79 Å². The number of H-pyrrole nitrogens is 1. The highest BCUT2D eigenvalue weighted by molar-refractivity contribution is 5.69. The zero-order valence-corrected chi connectivity index (χ0v) is 9.74. The van der Waals surface area contributed by atoms with Crippen molar-refractivity contribution in [3.05, 3.63) is 46.0 Å². The number of benzene rings is 1. The molecule has 0 aliphatic carbocycles. The summed E-state index contributed by atoms with van der Waals surface area (Å²) >= 11 is 0. The predicted octanol–water partition coefficient (Wildman–Crippen LogP) is 1.71. The molecule has 0 saturated carbocycles. The second-order valence-electron chi connectivity index (χ2n) is 3.87. The molecule has 0 amide bonds. The van der Waals surface area contributed by atoms with Crippen LogP contribution in [0.3, 0.4) is 0 Å². The standard InChI is InChI=1S/C12H14N4O/c1-7-4-3-5-9(8(7)2)16-11-10(13)12(17)15-6-14-11/h3-6H,13H2,1-2H3,(H2,14,15,16,17). The Balaban J connectivity index is 2.42. The first-order valence-corrected chi connectivity index (χ1v) is 5.26. The van der Waals surface area contributed by atoms with Crippen molar-refractivity contribution in [2.24, 2.45) is 0 Å². The minimum absolute atomic E-state index is 0.0911. The summed E-state index contributed by atoms with van der Waals surface area (Å²) in [5.41, 5.74) is 8.57. The number of aromatic amines is 1. The molecule has 0 aliphatic heterocycles. The number of nitrogens with two attached hydrogens (primary N) is 1. The molecule has 17 heavy (non-hydrogen) atoms. The van der Waals surface area contributed by atoms with Crippen LogP contribution in [0.15, 0.2) is 29.3 Å². The summed E-state index contributed by atoms with van der Waals surface area (Å²) in [4.78, 5) is 17.8. The molecule has 0 radical (unpaired) electrons. The summed E-state index contributed by atoms with van der Waals surface area (Å²) in [5.74, 6) is 0.377. The van der Waals surface area contributed by atoms with E-state index < -0.39 is 0 Å². The van der Waals surface area contributed by atoms with E-state index >= 15 is 0 Å². The number of hydrogen-bond acceptors (Lipinski definition) is 4.